The summed E-state index contributed by atoms with van der Waals surface area (Å²) in [6, 6.07) is 8.04. The van der Waals surface area contributed by atoms with E-state index in [0.717, 1.165) is 22.9 Å². The van der Waals surface area contributed by atoms with E-state index in [2.05, 4.69) is 4.98 Å². The summed E-state index contributed by atoms with van der Waals surface area (Å²) in [6.07, 6.45) is -0.342. The van der Waals surface area contributed by atoms with Crippen LogP contribution in [-0.4, -0.2) is 49.8 Å². The third-order valence-electron chi connectivity index (χ3n) is 3.62. The van der Waals surface area contributed by atoms with E-state index < -0.39 is 29.6 Å². The van der Waals surface area contributed by atoms with Crippen LogP contribution >= 0.6 is 11.8 Å². The van der Waals surface area contributed by atoms with Crippen molar-refractivity contribution in [1.29, 1.82) is 0 Å². The van der Waals surface area contributed by atoms with E-state index in [-0.39, 0.29) is 11.5 Å². The number of hydrogen-bond acceptors (Lipinski definition) is 6. The van der Waals surface area contributed by atoms with Crippen LogP contribution in [-0.2, 0) is 0 Å². The van der Waals surface area contributed by atoms with Gasteiger partial charge >= 0.3 is 0 Å². The summed E-state index contributed by atoms with van der Waals surface area (Å²) in [5.74, 6) is -0.384. The first kappa shape index (κ1) is 16.2. The van der Waals surface area contributed by atoms with Crippen molar-refractivity contribution in [2.24, 2.45) is 0 Å². The van der Waals surface area contributed by atoms with E-state index in [1.165, 1.54) is 12.1 Å². The maximum atomic E-state index is 14.0. The molecular weight excluding hydrogens is 321 g/mol. The number of hydrogen-bond donors (Lipinski definition) is 3. The molecule has 4 atom stereocenters. The van der Waals surface area contributed by atoms with Gasteiger partial charge in [0, 0.05) is 23.7 Å². The Bertz CT molecular complexity index is 672. The van der Waals surface area contributed by atoms with Gasteiger partial charge < -0.3 is 20.1 Å². The third-order valence-corrected chi connectivity index (χ3v) is 4.86. The van der Waals surface area contributed by atoms with Crippen molar-refractivity contribution in [1.82, 2.24) is 4.98 Å². The van der Waals surface area contributed by atoms with E-state index in [9.17, 15) is 19.7 Å². The first-order valence-corrected chi connectivity index (χ1v) is 8.13. The van der Waals surface area contributed by atoms with Gasteiger partial charge in [-0.25, -0.2) is 4.39 Å². The topological polar surface area (TPSA) is 82.8 Å². The molecule has 1 aliphatic rings. The maximum absolute atomic E-state index is 14.0. The second-order valence-corrected chi connectivity index (χ2v) is 6.39. The van der Waals surface area contributed by atoms with Crippen molar-refractivity contribution in [3.8, 4) is 16.9 Å². The number of aliphatic hydroxyl groups is 3. The Morgan fingerprint density at radius 1 is 1.13 bits per heavy atom. The molecule has 1 fully saturated rings. The molecule has 0 radical (unpaired) electrons. The number of pyridine rings is 1. The number of rotatable bonds is 3. The van der Waals surface area contributed by atoms with Gasteiger partial charge in [0.15, 0.2) is 17.0 Å². The van der Waals surface area contributed by atoms with Crippen LogP contribution < -0.4 is 4.74 Å². The van der Waals surface area contributed by atoms with Gasteiger partial charge in [0.25, 0.3) is 0 Å². The lowest BCUT2D eigenvalue weighted by atomic mass is 10.1. The highest BCUT2D eigenvalue weighted by Crippen LogP contribution is 2.32. The zero-order valence-corrected chi connectivity index (χ0v) is 12.9. The van der Waals surface area contributed by atoms with Gasteiger partial charge in [0.05, 0.1) is 6.10 Å². The highest BCUT2D eigenvalue weighted by Gasteiger charge is 2.38. The number of ether oxygens (including phenoxy) is 1. The normalized spacial score (nSPS) is 27.7. The molecule has 2 aromatic rings. The molecule has 1 aromatic carbocycles. The lowest BCUT2D eigenvalue weighted by Gasteiger charge is -2.34. The van der Waals surface area contributed by atoms with Crippen LogP contribution in [0.5, 0.6) is 5.75 Å². The van der Waals surface area contributed by atoms with Crippen LogP contribution in [0.2, 0.25) is 0 Å². The molecule has 3 rings (SSSR count). The van der Waals surface area contributed by atoms with Gasteiger partial charge in [0.1, 0.15) is 12.2 Å². The van der Waals surface area contributed by atoms with Gasteiger partial charge in [-0.15, -0.1) is 11.8 Å². The van der Waals surface area contributed by atoms with Crippen LogP contribution in [0.3, 0.4) is 0 Å². The number of nitrogens with zero attached hydrogens (tertiary/aromatic N) is 1. The Balaban J connectivity index is 1.83. The van der Waals surface area contributed by atoms with Crippen molar-refractivity contribution < 1.29 is 24.4 Å². The lowest BCUT2D eigenvalue weighted by molar-refractivity contribution is -0.0790. The van der Waals surface area contributed by atoms with Gasteiger partial charge in [-0.05, 0) is 23.8 Å². The number of aliphatic hydroxyl groups excluding tert-OH is 3. The van der Waals surface area contributed by atoms with Gasteiger partial charge in [0.2, 0.25) is 0 Å². The molecule has 1 aromatic heterocycles. The minimum atomic E-state index is -1.31. The van der Waals surface area contributed by atoms with Crippen molar-refractivity contribution in [3.63, 3.8) is 0 Å². The Kier molecular flexibility index (Phi) is 4.82. The molecule has 0 unspecified atom stereocenters. The summed E-state index contributed by atoms with van der Waals surface area (Å²) in [4.78, 5) is 4.02. The molecule has 0 bridgehead atoms. The SMILES string of the molecule is O[C@@H]1[C@@H](O)[C@H](Oc2cc(-c3cccnc3)ccc2F)SC[C@H]1O. The van der Waals surface area contributed by atoms with Gasteiger partial charge in [-0.1, -0.05) is 12.1 Å². The van der Waals surface area contributed by atoms with Crippen molar-refractivity contribution in [2.75, 3.05) is 5.75 Å². The molecule has 1 aliphatic heterocycles. The first-order valence-electron chi connectivity index (χ1n) is 7.08. The monoisotopic (exact) mass is 337 g/mol. The van der Waals surface area contributed by atoms with Crippen molar-refractivity contribution >= 4 is 11.8 Å². The van der Waals surface area contributed by atoms with Crippen molar-refractivity contribution in [3.05, 3.63) is 48.5 Å². The molecule has 3 N–H and O–H groups in total. The summed E-state index contributed by atoms with van der Waals surface area (Å²) in [6.45, 7) is 0. The maximum Gasteiger partial charge on any atom is 0.173 e. The summed E-state index contributed by atoms with van der Waals surface area (Å²) in [5.41, 5.74) is 0.682. The number of halogens is 1. The minimum Gasteiger partial charge on any atom is -0.474 e. The quantitative estimate of drug-likeness (QED) is 0.786. The summed E-state index contributed by atoms with van der Waals surface area (Å²) in [7, 11) is 0. The fourth-order valence-electron chi connectivity index (χ4n) is 2.31. The van der Waals surface area contributed by atoms with E-state index in [0.29, 0.717) is 0 Å². The fourth-order valence-corrected chi connectivity index (χ4v) is 3.43. The molecule has 1 saturated heterocycles. The molecule has 0 saturated carbocycles. The van der Waals surface area contributed by atoms with Crippen molar-refractivity contribution in [2.45, 2.75) is 23.7 Å². The average molecular weight is 337 g/mol. The number of thioether (sulfide) groups is 1. The van der Waals surface area contributed by atoms with Crippen LogP contribution in [0.1, 0.15) is 0 Å². The van der Waals surface area contributed by atoms with Crippen LogP contribution in [0.4, 0.5) is 4.39 Å². The Morgan fingerprint density at radius 3 is 2.70 bits per heavy atom. The third kappa shape index (κ3) is 3.48. The first-order chi connectivity index (χ1) is 11.1. The standard InChI is InChI=1S/C16H16FNO4S/c17-11-4-3-9(10-2-1-5-18-7-10)6-13(11)22-16-15(21)14(20)12(19)8-23-16/h1-7,12,14-16,19-21H,8H2/t12-,14+,15-,16-/m1/s1. The van der Waals surface area contributed by atoms with E-state index in [4.69, 9.17) is 4.74 Å². The molecule has 7 heteroatoms. The van der Waals surface area contributed by atoms with E-state index in [1.54, 1.807) is 24.5 Å². The predicted octanol–water partition coefficient (Wildman–Crippen LogP) is 1.42. The second-order valence-electron chi connectivity index (χ2n) is 5.26. The molecular formula is C16H16FNO4S. The Morgan fingerprint density at radius 2 is 1.96 bits per heavy atom. The second kappa shape index (κ2) is 6.84. The highest BCUT2D eigenvalue weighted by atomic mass is 32.2. The zero-order chi connectivity index (χ0) is 16.4. The Labute approximate surface area is 136 Å². The highest BCUT2D eigenvalue weighted by molar-refractivity contribution is 7.99. The number of benzene rings is 1. The van der Waals surface area contributed by atoms with Gasteiger partial charge in [-0.3, -0.25) is 4.98 Å². The Hall–Kier alpha value is -1.67. The molecule has 0 amide bonds. The molecule has 0 aliphatic carbocycles. The van der Waals surface area contributed by atoms with E-state index in [1.807, 2.05) is 6.07 Å². The molecule has 5 nitrogen and oxygen atoms in total. The summed E-state index contributed by atoms with van der Waals surface area (Å²) in [5, 5.41) is 29.2. The summed E-state index contributed by atoms with van der Waals surface area (Å²) >= 11 is 1.13. The fraction of sp³-hybridized carbons (Fsp3) is 0.312. The summed E-state index contributed by atoms with van der Waals surface area (Å²) < 4.78 is 19.5. The molecule has 122 valence electrons. The predicted molar refractivity (Wildman–Crippen MR) is 84.5 cm³/mol. The van der Waals surface area contributed by atoms with Crippen LogP contribution in [0, 0.1) is 5.82 Å². The smallest absolute Gasteiger partial charge is 0.173 e. The van der Waals surface area contributed by atoms with Gasteiger partial charge in [-0.2, -0.15) is 0 Å². The zero-order valence-electron chi connectivity index (χ0n) is 12.0. The molecule has 23 heavy (non-hydrogen) atoms. The molecule has 2 heterocycles. The average Bonchev–Trinajstić information content (AvgIpc) is 2.58. The van der Waals surface area contributed by atoms with Crippen LogP contribution in [0.15, 0.2) is 42.7 Å². The molecule has 0 spiro atoms. The van der Waals surface area contributed by atoms with E-state index >= 15 is 0 Å². The van der Waals surface area contributed by atoms with Crippen LogP contribution in [0.25, 0.3) is 11.1 Å². The largest absolute Gasteiger partial charge is 0.474 e. The minimum absolute atomic E-state index is 0.0218. The lowest BCUT2D eigenvalue weighted by Crippen LogP contribution is -2.50. The number of aromatic nitrogens is 1.